The lowest BCUT2D eigenvalue weighted by Crippen LogP contribution is -2.46. The number of aromatic nitrogens is 1. The number of hydrogen-bond acceptors (Lipinski definition) is 6. The number of nitrogens with zero attached hydrogens (tertiary/aromatic N) is 3. The molecular weight excluding hydrogens is 394 g/mol. The second-order valence-corrected chi connectivity index (χ2v) is 10.3. The minimum absolute atomic E-state index is 0.0756. The third-order valence-electron chi connectivity index (χ3n) is 5.98. The van der Waals surface area contributed by atoms with E-state index in [2.05, 4.69) is 14.8 Å². The lowest BCUT2D eigenvalue weighted by atomic mass is 9.93. The molecule has 3 aliphatic rings. The van der Waals surface area contributed by atoms with Crippen molar-refractivity contribution >= 4 is 22.2 Å². The number of piperidine rings is 1. The topological polar surface area (TPSA) is 108 Å². The predicted molar refractivity (Wildman–Crippen MR) is 108 cm³/mol. The van der Waals surface area contributed by atoms with Crippen LogP contribution >= 0.6 is 0 Å². The number of carbonyl (C=O) groups excluding carboxylic acids is 1. The van der Waals surface area contributed by atoms with Gasteiger partial charge in [-0.05, 0) is 62.9 Å². The standard InChI is InChI=1S/C19H27N3O3S.CH2O2/c23-19(22(17-1-2-17)13-15-3-8-20-9-4-15)16-5-10-21(11-6-16)18-7-12-26(24,25)14-18;2-1-3/h3-4,8-9,16-18H,1-2,5-7,10-14H2;1H,(H,2,3). The Labute approximate surface area is 171 Å². The van der Waals surface area contributed by atoms with E-state index in [1.165, 1.54) is 0 Å². The number of amides is 1. The molecule has 1 N–H and O–H groups in total. The Balaban J connectivity index is 0.000000755. The first-order chi connectivity index (χ1) is 13.9. The van der Waals surface area contributed by atoms with Gasteiger partial charge in [-0.3, -0.25) is 19.5 Å². The summed E-state index contributed by atoms with van der Waals surface area (Å²) in [5, 5.41) is 6.89. The molecule has 1 atom stereocenters. The highest BCUT2D eigenvalue weighted by Crippen LogP contribution is 2.32. The SMILES string of the molecule is O=C(C1CCN(C2CCS(=O)(=O)C2)CC1)N(Cc1ccncc1)C1CC1.O=CO. The molecule has 0 radical (unpaired) electrons. The molecular formula is C20H29N3O5S. The zero-order chi connectivity index (χ0) is 20.9. The third kappa shape index (κ3) is 5.99. The van der Waals surface area contributed by atoms with E-state index in [0.717, 1.165) is 50.8 Å². The van der Waals surface area contributed by atoms with Crippen LogP contribution in [0.4, 0.5) is 0 Å². The maximum atomic E-state index is 13.1. The third-order valence-corrected chi connectivity index (χ3v) is 7.73. The maximum absolute atomic E-state index is 13.1. The lowest BCUT2D eigenvalue weighted by Gasteiger charge is -2.37. The van der Waals surface area contributed by atoms with Crippen LogP contribution in [0.3, 0.4) is 0 Å². The summed E-state index contributed by atoms with van der Waals surface area (Å²) in [6.07, 6.45) is 8.20. The molecule has 1 aliphatic carbocycles. The van der Waals surface area contributed by atoms with Crippen LogP contribution in [0.25, 0.3) is 0 Å². The smallest absolute Gasteiger partial charge is 0.290 e. The Hall–Kier alpha value is -2.00. The molecule has 160 valence electrons. The van der Waals surface area contributed by atoms with Crippen molar-refractivity contribution in [2.45, 2.75) is 50.7 Å². The van der Waals surface area contributed by atoms with Gasteiger partial charge < -0.3 is 10.0 Å². The minimum atomic E-state index is -2.85. The van der Waals surface area contributed by atoms with Gasteiger partial charge in [0, 0.05) is 36.9 Å². The van der Waals surface area contributed by atoms with Gasteiger partial charge >= 0.3 is 0 Å². The Kier molecular flexibility index (Phi) is 7.23. The van der Waals surface area contributed by atoms with E-state index in [9.17, 15) is 13.2 Å². The largest absolute Gasteiger partial charge is 0.483 e. The maximum Gasteiger partial charge on any atom is 0.290 e. The molecule has 1 unspecified atom stereocenters. The van der Waals surface area contributed by atoms with Crippen LogP contribution in [0.2, 0.25) is 0 Å². The predicted octanol–water partition coefficient (Wildman–Crippen LogP) is 1.17. The van der Waals surface area contributed by atoms with Gasteiger partial charge in [0.1, 0.15) is 0 Å². The number of likely N-dealkylation sites (tertiary alicyclic amines) is 1. The van der Waals surface area contributed by atoms with Crippen molar-refractivity contribution in [1.82, 2.24) is 14.8 Å². The minimum Gasteiger partial charge on any atom is -0.483 e. The summed E-state index contributed by atoms with van der Waals surface area (Å²) < 4.78 is 23.4. The molecule has 3 fully saturated rings. The molecule has 1 aromatic heterocycles. The summed E-state index contributed by atoms with van der Waals surface area (Å²) in [6.45, 7) is 2.10. The second kappa shape index (κ2) is 9.67. The molecule has 0 bridgehead atoms. The summed E-state index contributed by atoms with van der Waals surface area (Å²) >= 11 is 0. The second-order valence-electron chi connectivity index (χ2n) is 8.03. The molecule has 2 aliphatic heterocycles. The fraction of sp³-hybridized carbons (Fsp3) is 0.650. The van der Waals surface area contributed by atoms with Crippen LogP contribution in [-0.2, 0) is 26.0 Å². The summed E-state index contributed by atoms with van der Waals surface area (Å²) in [4.78, 5) is 29.9. The zero-order valence-corrected chi connectivity index (χ0v) is 17.3. The van der Waals surface area contributed by atoms with Crippen molar-refractivity contribution in [1.29, 1.82) is 0 Å². The summed E-state index contributed by atoms with van der Waals surface area (Å²) in [6, 6.07) is 4.51. The van der Waals surface area contributed by atoms with Crippen LogP contribution < -0.4 is 0 Å². The van der Waals surface area contributed by atoms with Crippen molar-refractivity contribution in [3.8, 4) is 0 Å². The lowest BCUT2D eigenvalue weighted by molar-refractivity contribution is -0.138. The summed E-state index contributed by atoms with van der Waals surface area (Å²) in [7, 11) is -2.85. The van der Waals surface area contributed by atoms with E-state index in [4.69, 9.17) is 9.90 Å². The quantitative estimate of drug-likeness (QED) is 0.708. The van der Waals surface area contributed by atoms with Gasteiger partial charge in [0.2, 0.25) is 5.91 Å². The van der Waals surface area contributed by atoms with Gasteiger partial charge in [0.25, 0.3) is 6.47 Å². The van der Waals surface area contributed by atoms with E-state index < -0.39 is 9.84 Å². The molecule has 8 nitrogen and oxygen atoms in total. The molecule has 0 spiro atoms. The van der Waals surface area contributed by atoms with E-state index in [1.54, 1.807) is 12.4 Å². The van der Waals surface area contributed by atoms with Crippen molar-refractivity contribution in [2.24, 2.45) is 5.92 Å². The molecule has 0 aromatic carbocycles. The van der Waals surface area contributed by atoms with Crippen LogP contribution in [-0.4, -0.2) is 77.4 Å². The summed E-state index contributed by atoms with van der Waals surface area (Å²) in [5.74, 6) is 0.967. The average molecular weight is 424 g/mol. The number of hydrogen-bond donors (Lipinski definition) is 1. The van der Waals surface area contributed by atoms with Crippen molar-refractivity contribution in [2.75, 3.05) is 24.6 Å². The van der Waals surface area contributed by atoms with Gasteiger partial charge in [-0.25, -0.2) is 8.42 Å². The molecule has 9 heteroatoms. The molecule has 3 heterocycles. The number of rotatable bonds is 5. The van der Waals surface area contributed by atoms with E-state index >= 15 is 0 Å². The molecule has 4 rings (SSSR count). The molecule has 1 aromatic rings. The normalized spacial score (nSPS) is 24.3. The Morgan fingerprint density at radius 3 is 2.31 bits per heavy atom. The first kappa shape index (κ1) is 21.7. The van der Waals surface area contributed by atoms with Gasteiger partial charge in [-0.2, -0.15) is 0 Å². The fourth-order valence-electron chi connectivity index (χ4n) is 4.27. The van der Waals surface area contributed by atoms with Gasteiger partial charge in [-0.1, -0.05) is 0 Å². The van der Waals surface area contributed by atoms with E-state index in [-0.39, 0.29) is 24.3 Å². The van der Waals surface area contributed by atoms with Crippen LogP contribution in [0, 0.1) is 5.92 Å². The van der Waals surface area contributed by atoms with Gasteiger partial charge in [-0.15, -0.1) is 0 Å². The van der Waals surface area contributed by atoms with Crippen LogP contribution in [0.1, 0.15) is 37.7 Å². The van der Waals surface area contributed by atoms with Crippen molar-refractivity contribution in [3.63, 3.8) is 0 Å². The Morgan fingerprint density at radius 1 is 1.17 bits per heavy atom. The first-order valence-electron chi connectivity index (χ1n) is 10.1. The van der Waals surface area contributed by atoms with E-state index in [1.807, 2.05) is 12.1 Å². The van der Waals surface area contributed by atoms with Crippen molar-refractivity contribution < 1.29 is 23.1 Å². The highest BCUT2D eigenvalue weighted by molar-refractivity contribution is 7.91. The van der Waals surface area contributed by atoms with Gasteiger partial charge in [0.15, 0.2) is 9.84 Å². The van der Waals surface area contributed by atoms with Gasteiger partial charge in [0.05, 0.1) is 11.5 Å². The number of carbonyl (C=O) groups is 2. The van der Waals surface area contributed by atoms with E-state index in [0.29, 0.717) is 24.1 Å². The average Bonchev–Trinajstić information content (AvgIpc) is 3.49. The van der Waals surface area contributed by atoms with Crippen LogP contribution in [0.5, 0.6) is 0 Å². The Bertz CT molecular complexity index is 790. The molecule has 29 heavy (non-hydrogen) atoms. The highest BCUT2D eigenvalue weighted by Gasteiger charge is 2.39. The highest BCUT2D eigenvalue weighted by atomic mass is 32.2. The number of pyridine rings is 1. The molecule has 1 amide bonds. The fourth-order valence-corrected chi connectivity index (χ4v) is 6.03. The molecule has 1 saturated carbocycles. The Morgan fingerprint density at radius 2 is 1.79 bits per heavy atom. The zero-order valence-electron chi connectivity index (χ0n) is 16.5. The van der Waals surface area contributed by atoms with Crippen molar-refractivity contribution in [3.05, 3.63) is 30.1 Å². The number of carboxylic acid groups (broad SMARTS) is 1. The molecule has 2 saturated heterocycles. The number of sulfone groups is 1. The monoisotopic (exact) mass is 423 g/mol. The van der Waals surface area contributed by atoms with Crippen LogP contribution in [0.15, 0.2) is 24.5 Å². The summed E-state index contributed by atoms with van der Waals surface area (Å²) in [5.41, 5.74) is 1.13. The first-order valence-corrected chi connectivity index (χ1v) is 12.0.